The molecule has 0 aromatic heterocycles. The van der Waals surface area contributed by atoms with Gasteiger partial charge in [0, 0.05) is 13.1 Å². The second-order valence-corrected chi connectivity index (χ2v) is 4.14. The molecule has 2 saturated heterocycles. The van der Waals surface area contributed by atoms with Crippen LogP contribution in [0.1, 0.15) is 25.7 Å². The van der Waals surface area contributed by atoms with Crippen molar-refractivity contribution in [2.24, 2.45) is 5.92 Å². The molecule has 0 amide bonds. The average Bonchev–Trinajstić information content (AvgIpc) is 2.21. The molecule has 0 radical (unpaired) electrons. The van der Waals surface area contributed by atoms with Gasteiger partial charge in [0.15, 0.2) is 0 Å². The fourth-order valence-electron chi connectivity index (χ4n) is 2.16. The van der Waals surface area contributed by atoms with Gasteiger partial charge in [0.1, 0.15) is 0 Å². The molecule has 1 atom stereocenters. The number of hydrogen-bond acceptors (Lipinski definition) is 3. The largest absolute Gasteiger partial charge is 0.316 e. The standard InChI is InChI=1S/C10H20N2O/c1-2-7-13-12(6-1)9-10-4-3-5-11-8-10/h10-11H,1-9H2. The second-order valence-electron chi connectivity index (χ2n) is 4.14. The van der Waals surface area contributed by atoms with Gasteiger partial charge in [-0.3, -0.25) is 4.84 Å². The van der Waals surface area contributed by atoms with Gasteiger partial charge in [0.25, 0.3) is 0 Å². The predicted molar refractivity (Wildman–Crippen MR) is 52.4 cm³/mol. The van der Waals surface area contributed by atoms with E-state index < -0.39 is 0 Å². The van der Waals surface area contributed by atoms with Crippen LogP contribution >= 0.6 is 0 Å². The highest BCUT2D eigenvalue weighted by atomic mass is 16.7. The summed E-state index contributed by atoms with van der Waals surface area (Å²) in [6, 6.07) is 0. The molecular formula is C10H20N2O. The molecular weight excluding hydrogens is 164 g/mol. The van der Waals surface area contributed by atoms with Crippen molar-refractivity contribution in [2.75, 3.05) is 32.8 Å². The molecule has 0 bridgehead atoms. The van der Waals surface area contributed by atoms with Gasteiger partial charge in [0.05, 0.1) is 6.61 Å². The second kappa shape index (κ2) is 4.94. The molecule has 1 N–H and O–H groups in total. The Labute approximate surface area is 80.4 Å². The maximum atomic E-state index is 5.59. The molecule has 0 spiro atoms. The maximum Gasteiger partial charge on any atom is 0.0685 e. The van der Waals surface area contributed by atoms with Crippen LogP contribution in [-0.4, -0.2) is 37.8 Å². The van der Waals surface area contributed by atoms with E-state index in [9.17, 15) is 0 Å². The lowest BCUT2D eigenvalue weighted by Crippen LogP contribution is -2.40. The summed E-state index contributed by atoms with van der Waals surface area (Å²) < 4.78 is 0. The Hall–Kier alpha value is -0.120. The molecule has 0 aliphatic carbocycles. The molecule has 2 aliphatic rings. The normalized spacial score (nSPS) is 31.8. The van der Waals surface area contributed by atoms with E-state index in [0.29, 0.717) is 0 Å². The molecule has 2 fully saturated rings. The molecule has 2 aliphatic heterocycles. The highest BCUT2D eigenvalue weighted by molar-refractivity contribution is 4.71. The van der Waals surface area contributed by atoms with E-state index in [-0.39, 0.29) is 0 Å². The van der Waals surface area contributed by atoms with E-state index in [4.69, 9.17) is 4.84 Å². The topological polar surface area (TPSA) is 24.5 Å². The molecule has 0 aromatic carbocycles. The lowest BCUT2D eigenvalue weighted by atomic mass is 9.99. The summed E-state index contributed by atoms with van der Waals surface area (Å²) in [5, 5.41) is 5.61. The van der Waals surface area contributed by atoms with Crippen molar-refractivity contribution in [1.29, 1.82) is 0 Å². The minimum Gasteiger partial charge on any atom is -0.316 e. The SMILES string of the molecule is C1CCN(CC2CCCNC2)OC1. The van der Waals surface area contributed by atoms with Gasteiger partial charge < -0.3 is 5.32 Å². The Morgan fingerprint density at radius 2 is 2.31 bits per heavy atom. The van der Waals surface area contributed by atoms with Crippen LogP contribution in [-0.2, 0) is 4.84 Å². The number of hydrogen-bond donors (Lipinski definition) is 1. The van der Waals surface area contributed by atoms with Crippen molar-refractivity contribution in [1.82, 2.24) is 10.4 Å². The number of nitrogens with one attached hydrogen (secondary N) is 1. The van der Waals surface area contributed by atoms with Crippen LogP contribution in [0.4, 0.5) is 0 Å². The first-order valence-electron chi connectivity index (χ1n) is 5.54. The van der Waals surface area contributed by atoms with Gasteiger partial charge in [-0.25, -0.2) is 0 Å². The monoisotopic (exact) mass is 184 g/mol. The fourth-order valence-corrected chi connectivity index (χ4v) is 2.16. The summed E-state index contributed by atoms with van der Waals surface area (Å²) in [4.78, 5) is 5.59. The van der Waals surface area contributed by atoms with Crippen molar-refractivity contribution in [3.05, 3.63) is 0 Å². The molecule has 13 heavy (non-hydrogen) atoms. The smallest absolute Gasteiger partial charge is 0.0685 e. The summed E-state index contributed by atoms with van der Waals surface area (Å²) in [7, 11) is 0. The Balaban J connectivity index is 1.69. The van der Waals surface area contributed by atoms with Gasteiger partial charge >= 0.3 is 0 Å². The molecule has 2 heterocycles. The predicted octanol–water partition coefficient (Wildman–Crippen LogP) is 1.01. The fraction of sp³-hybridized carbons (Fsp3) is 1.00. The molecule has 3 nitrogen and oxygen atoms in total. The van der Waals surface area contributed by atoms with Gasteiger partial charge in [0.2, 0.25) is 0 Å². The van der Waals surface area contributed by atoms with Gasteiger partial charge in [-0.1, -0.05) is 0 Å². The minimum absolute atomic E-state index is 0.812. The summed E-state index contributed by atoms with van der Waals surface area (Å²) in [5.41, 5.74) is 0. The molecule has 76 valence electrons. The Kier molecular flexibility index (Phi) is 3.58. The van der Waals surface area contributed by atoms with Crippen LogP contribution in [0.5, 0.6) is 0 Å². The Bertz CT molecular complexity index is 124. The lowest BCUT2D eigenvalue weighted by Gasteiger charge is -2.31. The highest BCUT2D eigenvalue weighted by Crippen LogP contribution is 2.14. The van der Waals surface area contributed by atoms with Crippen LogP contribution in [0.2, 0.25) is 0 Å². The first-order chi connectivity index (χ1) is 6.45. The molecule has 0 saturated carbocycles. The Morgan fingerprint density at radius 1 is 1.31 bits per heavy atom. The van der Waals surface area contributed by atoms with Crippen LogP contribution in [0, 0.1) is 5.92 Å². The van der Waals surface area contributed by atoms with Gasteiger partial charge in [-0.2, -0.15) is 5.06 Å². The van der Waals surface area contributed by atoms with Crippen molar-refractivity contribution in [3.63, 3.8) is 0 Å². The summed E-state index contributed by atoms with van der Waals surface area (Å²) in [6.45, 7) is 5.58. The number of nitrogens with zero attached hydrogens (tertiary/aromatic N) is 1. The van der Waals surface area contributed by atoms with Crippen LogP contribution in [0.15, 0.2) is 0 Å². The number of piperidine rings is 1. The molecule has 1 unspecified atom stereocenters. The van der Waals surface area contributed by atoms with Crippen molar-refractivity contribution >= 4 is 0 Å². The van der Waals surface area contributed by atoms with Crippen LogP contribution in [0.3, 0.4) is 0 Å². The van der Waals surface area contributed by atoms with Crippen molar-refractivity contribution in [3.8, 4) is 0 Å². The third-order valence-electron chi connectivity index (χ3n) is 2.94. The minimum atomic E-state index is 0.812. The summed E-state index contributed by atoms with van der Waals surface area (Å²) in [6.07, 6.45) is 5.24. The first kappa shape index (κ1) is 9.44. The van der Waals surface area contributed by atoms with Crippen LogP contribution < -0.4 is 5.32 Å². The third kappa shape index (κ3) is 2.93. The lowest BCUT2D eigenvalue weighted by molar-refractivity contribution is -0.187. The first-order valence-corrected chi connectivity index (χ1v) is 5.54. The third-order valence-corrected chi connectivity index (χ3v) is 2.94. The molecule has 3 heteroatoms. The highest BCUT2D eigenvalue weighted by Gasteiger charge is 2.18. The van der Waals surface area contributed by atoms with E-state index >= 15 is 0 Å². The zero-order valence-corrected chi connectivity index (χ0v) is 8.30. The van der Waals surface area contributed by atoms with Gasteiger partial charge in [-0.15, -0.1) is 0 Å². The average molecular weight is 184 g/mol. The van der Waals surface area contributed by atoms with Gasteiger partial charge in [-0.05, 0) is 44.7 Å². The molecule has 0 aromatic rings. The summed E-state index contributed by atoms with van der Waals surface area (Å²) in [5.74, 6) is 0.812. The zero-order chi connectivity index (χ0) is 8.93. The van der Waals surface area contributed by atoms with E-state index in [0.717, 1.165) is 25.6 Å². The zero-order valence-electron chi connectivity index (χ0n) is 8.30. The Morgan fingerprint density at radius 3 is 3.00 bits per heavy atom. The summed E-state index contributed by atoms with van der Waals surface area (Å²) >= 11 is 0. The quantitative estimate of drug-likeness (QED) is 0.693. The van der Waals surface area contributed by atoms with E-state index in [1.165, 1.54) is 38.8 Å². The number of hydroxylamine groups is 2. The van der Waals surface area contributed by atoms with Crippen molar-refractivity contribution < 1.29 is 4.84 Å². The maximum absolute atomic E-state index is 5.59. The van der Waals surface area contributed by atoms with Crippen molar-refractivity contribution in [2.45, 2.75) is 25.7 Å². The number of rotatable bonds is 2. The van der Waals surface area contributed by atoms with Crippen LogP contribution in [0.25, 0.3) is 0 Å². The van der Waals surface area contributed by atoms with E-state index in [2.05, 4.69) is 10.4 Å². The molecule has 2 rings (SSSR count). The van der Waals surface area contributed by atoms with E-state index in [1.54, 1.807) is 0 Å². The van der Waals surface area contributed by atoms with E-state index in [1.807, 2.05) is 0 Å².